The third kappa shape index (κ3) is 4.24. The predicted molar refractivity (Wildman–Crippen MR) is 121 cm³/mol. The summed E-state index contributed by atoms with van der Waals surface area (Å²) >= 11 is 5.86. The van der Waals surface area contributed by atoms with Crippen molar-refractivity contribution in [2.75, 3.05) is 19.5 Å². The molecule has 164 valence electrons. The Balaban J connectivity index is 1.61. The lowest BCUT2D eigenvalue weighted by atomic mass is 9.81. The molecule has 0 saturated heterocycles. The number of hydrogen-bond donors (Lipinski definition) is 2. The van der Waals surface area contributed by atoms with Gasteiger partial charge in [-0.2, -0.15) is 0 Å². The van der Waals surface area contributed by atoms with Crippen LogP contribution in [0.1, 0.15) is 44.3 Å². The Morgan fingerprint density at radius 3 is 2.41 bits per heavy atom. The van der Waals surface area contributed by atoms with Crippen molar-refractivity contribution in [1.29, 1.82) is 0 Å². The van der Waals surface area contributed by atoms with Crippen molar-refractivity contribution in [1.82, 2.24) is 4.98 Å². The number of halogens is 1. The Morgan fingerprint density at radius 1 is 1.00 bits per heavy atom. The number of aromatic nitrogens is 1. The molecule has 0 spiro atoms. The highest BCUT2D eigenvalue weighted by Gasteiger charge is 2.29. The standard InChI is InChI=1S/C24H21ClN2O5/c1-31-21-8-3-13(11-22(21)32-2)14-9-19-17(20(28)10-14)12-18(24(30)27-19)23(29)26-16-6-4-15(25)5-7-16/h3-8,11-12,14H,9-10H2,1-2H3,(H,26,29)(H,27,30)/t14-/m0/s1. The molecule has 1 amide bonds. The van der Waals surface area contributed by atoms with Crippen LogP contribution in [0.5, 0.6) is 11.5 Å². The first-order valence-electron chi connectivity index (χ1n) is 9.98. The van der Waals surface area contributed by atoms with Gasteiger partial charge in [0.1, 0.15) is 5.56 Å². The third-order valence-electron chi connectivity index (χ3n) is 5.53. The second-order valence-electron chi connectivity index (χ2n) is 7.51. The maximum absolute atomic E-state index is 12.9. The van der Waals surface area contributed by atoms with E-state index in [1.54, 1.807) is 44.6 Å². The average molecular weight is 453 g/mol. The number of carbonyl (C=O) groups is 2. The van der Waals surface area contributed by atoms with Crippen molar-refractivity contribution in [3.8, 4) is 11.5 Å². The largest absolute Gasteiger partial charge is 0.493 e. The summed E-state index contributed by atoms with van der Waals surface area (Å²) in [6.07, 6.45) is 0.720. The van der Waals surface area contributed by atoms with Crippen molar-refractivity contribution in [3.05, 3.63) is 86.3 Å². The second-order valence-corrected chi connectivity index (χ2v) is 7.94. The molecular formula is C24H21ClN2O5. The lowest BCUT2D eigenvalue weighted by molar-refractivity contribution is 0.0963. The summed E-state index contributed by atoms with van der Waals surface area (Å²) in [4.78, 5) is 40.9. The van der Waals surface area contributed by atoms with E-state index in [9.17, 15) is 14.4 Å². The Morgan fingerprint density at radius 2 is 1.72 bits per heavy atom. The van der Waals surface area contributed by atoms with Gasteiger partial charge in [0.15, 0.2) is 17.3 Å². The zero-order valence-corrected chi connectivity index (χ0v) is 18.3. The molecule has 1 aliphatic rings. The van der Waals surface area contributed by atoms with Gasteiger partial charge in [-0.25, -0.2) is 0 Å². The molecule has 0 saturated carbocycles. The molecule has 1 aliphatic carbocycles. The fourth-order valence-electron chi connectivity index (χ4n) is 3.87. The third-order valence-corrected chi connectivity index (χ3v) is 5.78. The number of fused-ring (bicyclic) bond motifs is 1. The van der Waals surface area contributed by atoms with Gasteiger partial charge in [0.2, 0.25) is 0 Å². The zero-order chi connectivity index (χ0) is 22.8. The molecule has 2 aromatic carbocycles. The molecule has 3 aromatic rings. The Hall–Kier alpha value is -3.58. The van der Waals surface area contributed by atoms with Crippen molar-refractivity contribution in [3.63, 3.8) is 0 Å². The monoisotopic (exact) mass is 452 g/mol. The van der Waals surface area contributed by atoms with Gasteiger partial charge in [0.25, 0.3) is 11.5 Å². The lowest BCUT2D eigenvalue weighted by Crippen LogP contribution is -2.29. The molecule has 7 nitrogen and oxygen atoms in total. The average Bonchev–Trinajstić information content (AvgIpc) is 2.79. The molecule has 1 atom stereocenters. The van der Waals surface area contributed by atoms with E-state index in [1.165, 1.54) is 6.07 Å². The molecule has 1 aromatic heterocycles. The first-order valence-corrected chi connectivity index (χ1v) is 10.4. The summed E-state index contributed by atoms with van der Waals surface area (Å²) in [5.74, 6) is 0.322. The predicted octanol–water partition coefficient (Wildman–Crippen LogP) is 4.21. The molecule has 32 heavy (non-hydrogen) atoms. The molecule has 0 unspecified atom stereocenters. The summed E-state index contributed by atoms with van der Waals surface area (Å²) in [6.45, 7) is 0. The SMILES string of the molecule is COc1ccc([C@@H]2CC(=O)c3cc(C(=O)Nc4ccc(Cl)cc4)c(=O)[nH]c3C2)cc1OC. The van der Waals surface area contributed by atoms with Crippen LogP contribution < -0.4 is 20.3 Å². The normalized spacial score (nSPS) is 15.1. The van der Waals surface area contributed by atoms with E-state index in [1.807, 2.05) is 12.1 Å². The minimum absolute atomic E-state index is 0.114. The molecule has 1 heterocycles. The van der Waals surface area contributed by atoms with Gasteiger partial charge in [-0.1, -0.05) is 17.7 Å². The van der Waals surface area contributed by atoms with Crippen molar-refractivity contribution < 1.29 is 19.1 Å². The Labute approximate surface area is 189 Å². The first kappa shape index (κ1) is 21.6. The van der Waals surface area contributed by atoms with Gasteiger partial charge >= 0.3 is 0 Å². The highest BCUT2D eigenvalue weighted by atomic mass is 35.5. The number of nitrogens with one attached hydrogen (secondary N) is 2. The van der Waals surface area contributed by atoms with E-state index in [2.05, 4.69) is 10.3 Å². The van der Waals surface area contributed by atoms with Gasteiger partial charge in [0, 0.05) is 28.4 Å². The smallest absolute Gasteiger partial charge is 0.261 e. The fraction of sp³-hybridized carbons (Fsp3) is 0.208. The van der Waals surface area contributed by atoms with Crippen LogP contribution >= 0.6 is 11.6 Å². The highest BCUT2D eigenvalue weighted by molar-refractivity contribution is 6.30. The molecule has 2 N–H and O–H groups in total. The summed E-state index contributed by atoms with van der Waals surface area (Å²) in [6, 6.07) is 13.4. The van der Waals surface area contributed by atoms with Crippen LogP contribution in [0.2, 0.25) is 5.02 Å². The van der Waals surface area contributed by atoms with Crippen molar-refractivity contribution in [2.24, 2.45) is 0 Å². The molecule has 8 heteroatoms. The summed E-state index contributed by atoms with van der Waals surface area (Å²) < 4.78 is 10.6. The molecule has 0 radical (unpaired) electrons. The van der Waals surface area contributed by atoms with Crippen LogP contribution in [0.15, 0.2) is 53.3 Å². The van der Waals surface area contributed by atoms with Crippen LogP contribution in [-0.2, 0) is 6.42 Å². The number of aromatic amines is 1. The fourth-order valence-corrected chi connectivity index (χ4v) is 4.00. The number of rotatable bonds is 5. The van der Waals surface area contributed by atoms with Gasteiger partial charge in [-0.3, -0.25) is 14.4 Å². The number of hydrogen-bond acceptors (Lipinski definition) is 5. The number of benzene rings is 2. The number of carbonyl (C=O) groups excluding carboxylic acids is 2. The number of anilines is 1. The number of amides is 1. The van der Waals surface area contributed by atoms with E-state index in [0.29, 0.717) is 39.9 Å². The number of methoxy groups -OCH3 is 2. The van der Waals surface area contributed by atoms with E-state index in [4.69, 9.17) is 21.1 Å². The number of H-pyrrole nitrogens is 1. The van der Waals surface area contributed by atoms with E-state index >= 15 is 0 Å². The first-order chi connectivity index (χ1) is 15.4. The van der Waals surface area contributed by atoms with Gasteiger partial charge in [-0.15, -0.1) is 0 Å². The van der Waals surface area contributed by atoms with E-state index < -0.39 is 11.5 Å². The number of pyridine rings is 1. The molecular weight excluding hydrogens is 432 g/mol. The molecule has 0 aliphatic heterocycles. The summed E-state index contributed by atoms with van der Waals surface area (Å²) in [5, 5.41) is 3.18. The summed E-state index contributed by atoms with van der Waals surface area (Å²) in [7, 11) is 3.11. The molecule has 0 bridgehead atoms. The summed E-state index contributed by atoms with van der Waals surface area (Å²) in [5.41, 5.74) is 1.63. The topological polar surface area (TPSA) is 97.5 Å². The van der Waals surface area contributed by atoms with Gasteiger partial charge in [0.05, 0.1) is 14.2 Å². The number of Topliss-reactive ketones (excluding diaryl/α,β-unsaturated/α-hetero) is 1. The van der Waals surface area contributed by atoms with Crippen molar-refractivity contribution in [2.45, 2.75) is 18.8 Å². The van der Waals surface area contributed by atoms with Crippen LogP contribution in [-0.4, -0.2) is 30.9 Å². The van der Waals surface area contributed by atoms with Crippen LogP contribution in [0.25, 0.3) is 0 Å². The maximum Gasteiger partial charge on any atom is 0.261 e. The van der Waals surface area contributed by atoms with E-state index in [-0.39, 0.29) is 23.7 Å². The minimum atomic E-state index is -0.591. The minimum Gasteiger partial charge on any atom is -0.493 e. The van der Waals surface area contributed by atoms with E-state index in [0.717, 1.165) is 5.56 Å². The van der Waals surface area contributed by atoms with Gasteiger partial charge in [-0.05, 0) is 60.4 Å². The van der Waals surface area contributed by atoms with Crippen molar-refractivity contribution >= 4 is 29.0 Å². The molecule has 0 fully saturated rings. The molecule has 4 rings (SSSR count). The van der Waals surface area contributed by atoms with Crippen LogP contribution in [0.4, 0.5) is 5.69 Å². The van der Waals surface area contributed by atoms with Gasteiger partial charge < -0.3 is 19.8 Å². The lowest BCUT2D eigenvalue weighted by Gasteiger charge is -2.24. The van der Waals surface area contributed by atoms with Crippen LogP contribution in [0, 0.1) is 0 Å². The Kier molecular flexibility index (Phi) is 6.01. The second kappa shape index (κ2) is 8.88. The highest BCUT2D eigenvalue weighted by Crippen LogP contribution is 2.36. The number of ketones is 1. The number of ether oxygens (including phenoxy) is 2. The van der Waals surface area contributed by atoms with Crippen LogP contribution in [0.3, 0.4) is 0 Å². The maximum atomic E-state index is 12.9. The quantitative estimate of drug-likeness (QED) is 0.604. The Bertz CT molecular complexity index is 1250. The zero-order valence-electron chi connectivity index (χ0n) is 17.5.